The Morgan fingerprint density at radius 3 is 2.62 bits per heavy atom. The van der Waals surface area contributed by atoms with Gasteiger partial charge in [-0.2, -0.15) is 0 Å². The summed E-state index contributed by atoms with van der Waals surface area (Å²) >= 11 is 0. The van der Waals surface area contributed by atoms with Crippen LogP contribution in [0.15, 0.2) is 18.3 Å². The van der Waals surface area contributed by atoms with Gasteiger partial charge in [-0.1, -0.05) is 6.92 Å². The van der Waals surface area contributed by atoms with E-state index in [2.05, 4.69) is 15.2 Å². The number of rotatable bonds is 6. The van der Waals surface area contributed by atoms with E-state index in [1.54, 1.807) is 12.1 Å². The maximum absolute atomic E-state index is 12.0. The number of carbonyl (C=O) groups is 2. The fourth-order valence-electron chi connectivity index (χ4n) is 2.20. The Bertz CT molecular complexity index is 566. The summed E-state index contributed by atoms with van der Waals surface area (Å²) in [5.74, 6) is -0.0640. The van der Waals surface area contributed by atoms with Crippen LogP contribution >= 0.6 is 0 Å². The Balaban J connectivity index is 1.85. The first-order valence-electron chi connectivity index (χ1n) is 8.18. The number of nitrogens with one attached hydrogen (secondary N) is 1. The van der Waals surface area contributed by atoms with Gasteiger partial charge in [0.2, 0.25) is 0 Å². The van der Waals surface area contributed by atoms with Gasteiger partial charge in [-0.15, -0.1) is 0 Å². The van der Waals surface area contributed by atoms with Gasteiger partial charge in [-0.3, -0.25) is 4.79 Å². The maximum atomic E-state index is 12.0. The third-order valence-electron chi connectivity index (χ3n) is 4.01. The van der Waals surface area contributed by atoms with Crippen LogP contribution in [0, 0.1) is 0 Å². The summed E-state index contributed by atoms with van der Waals surface area (Å²) in [5.41, 5.74) is 0.0137. The molecule has 0 aromatic carbocycles. The van der Waals surface area contributed by atoms with Crippen molar-refractivity contribution in [1.29, 1.82) is 0 Å². The number of esters is 1. The van der Waals surface area contributed by atoms with E-state index in [-0.39, 0.29) is 18.1 Å². The average Bonchev–Trinajstić information content (AvgIpc) is 2.60. The third kappa shape index (κ3) is 5.19. The molecule has 1 aliphatic heterocycles. The number of hydrogen-bond donors (Lipinski definition) is 1. The maximum Gasteiger partial charge on any atom is 0.340 e. The predicted octanol–water partition coefficient (Wildman–Crippen LogP) is 1.38. The summed E-state index contributed by atoms with van der Waals surface area (Å²) in [6.45, 7) is 8.43. The molecule has 1 aromatic rings. The number of aromatic nitrogens is 1. The van der Waals surface area contributed by atoms with E-state index >= 15 is 0 Å². The SMILES string of the molecule is CCC(C)(C)NC(=O)COC(=O)c1ccc(N2CCOCC2)nc1. The molecular formula is C17H25N3O4. The van der Waals surface area contributed by atoms with Crippen LogP contribution in [0.1, 0.15) is 37.6 Å². The van der Waals surface area contributed by atoms with E-state index in [1.807, 2.05) is 20.8 Å². The first kappa shape index (κ1) is 18.2. The molecule has 1 amide bonds. The van der Waals surface area contributed by atoms with Crippen LogP contribution in [0.25, 0.3) is 0 Å². The second-order valence-electron chi connectivity index (χ2n) is 6.37. The molecule has 0 bridgehead atoms. The smallest absolute Gasteiger partial charge is 0.340 e. The lowest BCUT2D eigenvalue weighted by Crippen LogP contribution is -2.44. The van der Waals surface area contributed by atoms with Crippen molar-refractivity contribution in [2.24, 2.45) is 0 Å². The molecular weight excluding hydrogens is 310 g/mol. The molecule has 0 spiro atoms. The number of pyridine rings is 1. The van der Waals surface area contributed by atoms with Crippen LogP contribution in [0.2, 0.25) is 0 Å². The molecule has 2 heterocycles. The number of nitrogens with zero attached hydrogens (tertiary/aromatic N) is 2. The van der Waals surface area contributed by atoms with Crippen molar-refractivity contribution >= 4 is 17.7 Å². The van der Waals surface area contributed by atoms with Crippen molar-refractivity contribution in [2.45, 2.75) is 32.7 Å². The molecule has 1 N–H and O–H groups in total. The number of anilines is 1. The Morgan fingerprint density at radius 1 is 1.33 bits per heavy atom. The highest BCUT2D eigenvalue weighted by Gasteiger charge is 2.19. The largest absolute Gasteiger partial charge is 0.452 e. The van der Waals surface area contributed by atoms with Crippen LogP contribution in [0.5, 0.6) is 0 Å². The fraction of sp³-hybridized carbons (Fsp3) is 0.588. The first-order chi connectivity index (χ1) is 11.4. The van der Waals surface area contributed by atoms with Crippen molar-refractivity contribution in [2.75, 3.05) is 37.8 Å². The van der Waals surface area contributed by atoms with Gasteiger partial charge in [0, 0.05) is 24.8 Å². The Labute approximate surface area is 142 Å². The minimum absolute atomic E-state index is 0.298. The summed E-state index contributed by atoms with van der Waals surface area (Å²) in [6.07, 6.45) is 2.26. The standard InChI is InChI=1S/C17H25N3O4/c1-4-17(2,3)19-15(21)12-24-16(22)13-5-6-14(18-11-13)20-7-9-23-10-8-20/h5-6,11H,4,7-10,12H2,1-3H3,(H,19,21). The molecule has 1 aromatic heterocycles. The molecule has 1 aliphatic rings. The highest BCUT2D eigenvalue weighted by Crippen LogP contribution is 2.13. The molecule has 132 valence electrons. The Morgan fingerprint density at radius 2 is 2.04 bits per heavy atom. The molecule has 7 heteroatoms. The van der Waals surface area contributed by atoms with Crippen molar-refractivity contribution < 1.29 is 19.1 Å². The van der Waals surface area contributed by atoms with Crippen molar-refractivity contribution in [3.05, 3.63) is 23.9 Å². The van der Waals surface area contributed by atoms with Crippen LogP contribution in [-0.2, 0) is 14.3 Å². The van der Waals surface area contributed by atoms with Gasteiger partial charge >= 0.3 is 5.97 Å². The lowest BCUT2D eigenvalue weighted by atomic mass is 10.0. The molecule has 2 rings (SSSR count). The van der Waals surface area contributed by atoms with Crippen molar-refractivity contribution in [3.63, 3.8) is 0 Å². The molecule has 7 nitrogen and oxygen atoms in total. The minimum atomic E-state index is -0.555. The Hall–Kier alpha value is -2.15. The molecule has 0 radical (unpaired) electrons. The normalized spacial score (nSPS) is 15.0. The summed E-state index contributed by atoms with van der Waals surface area (Å²) in [4.78, 5) is 30.2. The second-order valence-corrected chi connectivity index (χ2v) is 6.37. The van der Waals surface area contributed by atoms with Gasteiger partial charge in [-0.25, -0.2) is 9.78 Å². The fourth-order valence-corrected chi connectivity index (χ4v) is 2.20. The van der Waals surface area contributed by atoms with Gasteiger partial charge in [-0.05, 0) is 32.4 Å². The molecule has 1 fully saturated rings. The molecule has 0 aliphatic carbocycles. The van der Waals surface area contributed by atoms with Crippen LogP contribution < -0.4 is 10.2 Å². The van der Waals surface area contributed by atoms with Gasteiger partial charge in [0.05, 0.1) is 18.8 Å². The van der Waals surface area contributed by atoms with Gasteiger partial charge in [0.15, 0.2) is 6.61 Å². The van der Waals surface area contributed by atoms with Crippen molar-refractivity contribution in [3.8, 4) is 0 Å². The summed E-state index contributed by atoms with van der Waals surface area (Å²) in [6, 6.07) is 3.44. The number of carbonyl (C=O) groups excluding carboxylic acids is 2. The number of amides is 1. The number of ether oxygens (including phenoxy) is 2. The number of morpholine rings is 1. The van der Waals surface area contributed by atoms with E-state index in [0.29, 0.717) is 18.8 Å². The minimum Gasteiger partial charge on any atom is -0.452 e. The zero-order valence-corrected chi connectivity index (χ0v) is 14.5. The second kappa shape index (κ2) is 8.10. The van der Waals surface area contributed by atoms with Gasteiger partial charge < -0.3 is 19.7 Å². The summed E-state index contributed by atoms with van der Waals surface area (Å²) in [5, 5.41) is 2.81. The zero-order valence-electron chi connectivity index (χ0n) is 14.5. The molecule has 1 saturated heterocycles. The highest BCUT2D eigenvalue weighted by atomic mass is 16.5. The van der Waals surface area contributed by atoms with E-state index in [9.17, 15) is 9.59 Å². The highest BCUT2D eigenvalue weighted by molar-refractivity contribution is 5.91. The third-order valence-corrected chi connectivity index (χ3v) is 4.01. The van der Waals surface area contributed by atoms with Crippen LogP contribution in [0.3, 0.4) is 0 Å². The zero-order chi connectivity index (χ0) is 17.6. The van der Waals surface area contributed by atoms with E-state index in [0.717, 1.165) is 25.3 Å². The topological polar surface area (TPSA) is 80.8 Å². The predicted molar refractivity (Wildman–Crippen MR) is 90.1 cm³/mol. The van der Waals surface area contributed by atoms with Gasteiger partial charge in [0.25, 0.3) is 5.91 Å². The van der Waals surface area contributed by atoms with E-state index in [1.165, 1.54) is 6.20 Å². The summed E-state index contributed by atoms with van der Waals surface area (Å²) in [7, 11) is 0. The van der Waals surface area contributed by atoms with Crippen LogP contribution in [0.4, 0.5) is 5.82 Å². The lowest BCUT2D eigenvalue weighted by Gasteiger charge is -2.27. The molecule has 0 atom stereocenters. The monoisotopic (exact) mass is 335 g/mol. The quantitative estimate of drug-likeness (QED) is 0.791. The lowest BCUT2D eigenvalue weighted by molar-refractivity contribution is -0.125. The first-order valence-corrected chi connectivity index (χ1v) is 8.18. The van der Waals surface area contributed by atoms with Crippen molar-refractivity contribution in [1.82, 2.24) is 10.3 Å². The van der Waals surface area contributed by atoms with E-state index < -0.39 is 5.97 Å². The molecule has 0 saturated carbocycles. The molecule has 0 unspecified atom stereocenters. The van der Waals surface area contributed by atoms with E-state index in [4.69, 9.17) is 9.47 Å². The van der Waals surface area contributed by atoms with Gasteiger partial charge in [0.1, 0.15) is 5.82 Å². The number of hydrogen-bond acceptors (Lipinski definition) is 6. The summed E-state index contributed by atoms with van der Waals surface area (Å²) < 4.78 is 10.3. The Kier molecular flexibility index (Phi) is 6.14. The van der Waals surface area contributed by atoms with Crippen LogP contribution in [-0.4, -0.2) is 55.3 Å². The average molecular weight is 335 g/mol. The molecule has 24 heavy (non-hydrogen) atoms.